The van der Waals surface area contributed by atoms with E-state index in [0.29, 0.717) is 18.9 Å². The summed E-state index contributed by atoms with van der Waals surface area (Å²) in [5.41, 5.74) is 3.00. The van der Waals surface area contributed by atoms with Crippen LogP contribution >= 0.6 is 0 Å². The average Bonchev–Trinajstić information content (AvgIpc) is 2.60. The largest absolute Gasteiger partial charge is 0.377 e. The highest BCUT2D eigenvalue weighted by atomic mass is 32.2. The van der Waals surface area contributed by atoms with Gasteiger partial charge in [-0.3, -0.25) is 9.35 Å². The molecule has 2 heterocycles. The third-order valence-corrected chi connectivity index (χ3v) is 4.61. The van der Waals surface area contributed by atoms with E-state index in [1.807, 2.05) is 30.3 Å². The van der Waals surface area contributed by atoms with Gasteiger partial charge in [-0.1, -0.05) is 24.3 Å². The predicted molar refractivity (Wildman–Crippen MR) is 97.7 cm³/mol. The van der Waals surface area contributed by atoms with Crippen LogP contribution < -0.4 is 15.2 Å². The molecule has 8 heteroatoms. The number of hydrogen-bond acceptors (Lipinski definition) is 4. The summed E-state index contributed by atoms with van der Waals surface area (Å²) in [6.07, 6.45) is 0. The third-order valence-electron chi connectivity index (χ3n) is 4.22. The van der Waals surface area contributed by atoms with Gasteiger partial charge in [0.1, 0.15) is 0 Å². The number of nitrogens with zero attached hydrogens (tertiary/aromatic N) is 1. The lowest BCUT2D eigenvalue weighted by Gasteiger charge is -2.35. The van der Waals surface area contributed by atoms with Crippen LogP contribution in [0.15, 0.2) is 41.2 Å². The van der Waals surface area contributed by atoms with E-state index in [4.69, 9.17) is 9.29 Å². The zero-order chi connectivity index (χ0) is 17.8. The van der Waals surface area contributed by atoms with Gasteiger partial charge in [0.05, 0.1) is 18.9 Å². The molecule has 3 N–H and O–H groups in total. The van der Waals surface area contributed by atoms with Crippen molar-refractivity contribution in [1.29, 1.82) is 0 Å². The van der Waals surface area contributed by atoms with Gasteiger partial charge in [-0.25, -0.2) is 8.93 Å². The zero-order valence-electron chi connectivity index (χ0n) is 13.9. The van der Waals surface area contributed by atoms with Crippen LogP contribution in [0, 0.1) is 0 Å². The summed E-state index contributed by atoms with van der Waals surface area (Å²) in [4.78, 5) is 17.2. The lowest BCUT2D eigenvalue weighted by atomic mass is 10.0. The van der Waals surface area contributed by atoms with Crippen LogP contribution in [0.3, 0.4) is 0 Å². The molecular formula is C17H21N3O4S. The minimum absolute atomic E-state index is 0.181. The first-order valence-corrected chi connectivity index (χ1v) is 9.16. The van der Waals surface area contributed by atoms with Crippen molar-refractivity contribution < 1.29 is 13.5 Å². The van der Waals surface area contributed by atoms with Crippen LogP contribution in [0.1, 0.15) is 12.5 Å². The molecule has 0 spiro atoms. The molecular weight excluding hydrogens is 342 g/mol. The third kappa shape index (κ3) is 4.35. The van der Waals surface area contributed by atoms with E-state index >= 15 is 0 Å². The summed E-state index contributed by atoms with van der Waals surface area (Å²) in [5.74, 6) is 0. The molecule has 1 saturated heterocycles. The Hall–Kier alpha value is -2.00. The smallest absolute Gasteiger partial charge is 0.250 e. The van der Waals surface area contributed by atoms with E-state index in [-0.39, 0.29) is 18.1 Å². The fourth-order valence-electron chi connectivity index (χ4n) is 3.03. The van der Waals surface area contributed by atoms with Crippen molar-refractivity contribution in [3.8, 4) is 11.3 Å². The molecule has 134 valence electrons. The number of rotatable bonds is 5. The number of nitrogens with one attached hydrogen (secondary N) is 2. The van der Waals surface area contributed by atoms with E-state index in [1.165, 1.54) is 0 Å². The number of morpholine rings is 1. The molecule has 1 aromatic heterocycles. The maximum atomic E-state index is 12.2. The van der Waals surface area contributed by atoms with E-state index in [9.17, 15) is 9.00 Å². The first-order valence-electron chi connectivity index (χ1n) is 8.06. The van der Waals surface area contributed by atoms with Gasteiger partial charge in [-0.15, -0.1) is 0 Å². The number of hydrogen-bond donors (Lipinski definition) is 3. The number of anilines is 1. The molecule has 1 aliphatic heterocycles. The van der Waals surface area contributed by atoms with Crippen LogP contribution in [0.5, 0.6) is 0 Å². The van der Waals surface area contributed by atoms with Gasteiger partial charge in [-0.2, -0.15) is 0 Å². The Labute approximate surface area is 148 Å². The van der Waals surface area contributed by atoms with Gasteiger partial charge in [0.2, 0.25) is 16.8 Å². The molecule has 0 aliphatic carbocycles. The summed E-state index contributed by atoms with van der Waals surface area (Å²) >= 11 is -2.09. The Morgan fingerprint density at radius 2 is 2.20 bits per heavy atom. The minimum atomic E-state index is -2.09. The molecule has 0 bridgehead atoms. The number of ether oxygens (including phenoxy) is 1. The number of aromatic amines is 1. The van der Waals surface area contributed by atoms with Crippen molar-refractivity contribution >= 4 is 17.0 Å². The monoisotopic (exact) mass is 363 g/mol. The summed E-state index contributed by atoms with van der Waals surface area (Å²) in [5, 5.41) is 0. The normalized spacial score (nSPS) is 19.0. The number of benzene rings is 1. The number of aromatic nitrogens is 1. The molecule has 7 nitrogen and oxygen atoms in total. The quantitative estimate of drug-likeness (QED) is 0.700. The highest BCUT2D eigenvalue weighted by molar-refractivity contribution is 7.77. The first-order chi connectivity index (χ1) is 12.0. The Morgan fingerprint density at radius 3 is 2.96 bits per heavy atom. The van der Waals surface area contributed by atoms with Crippen molar-refractivity contribution in [3.05, 3.63) is 52.3 Å². The van der Waals surface area contributed by atoms with Crippen molar-refractivity contribution in [2.24, 2.45) is 0 Å². The predicted octanol–water partition coefficient (Wildman–Crippen LogP) is 1.49. The lowest BCUT2D eigenvalue weighted by molar-refractivity contribution is 0.0989. The van der Waals surface area contributed by atoms with E-state index in [2.05, 4.69) is 21.5 Å². The summed E-state index contributed by atoms with van der Waals surface area (Å²) < 4.78 is 27.8. The van der Waals surface area contributed by atoms with Gasteiger partial charge in [-0.05, 0) is 18.6 Å². The molecule has 1 fully saturated rings. The summed E-state index contributed by atoms with van der Waals surface area (Å²) in [6.45, 7) is 4.28. The molecule has 2 atom stereocenters. The SMILES string of the molecule is C[C@@H]1COCCN1c1cc(-c2ccccc2CNS(=O)O)[nH]c(=O)c1. The van der Waals surface area contributed by atoms with Gasteiger partial charge >= 0.3 is 0 Å². The fraction of sp³-hybridized carbons (Fsp3) is 0.353. The molecule has 25 heavy (non-hydrogen) atoms. The summed E-state index contributed by atoms with van der Waals surface area (Å²) in [7, 11) is 0. The second kappa shape index (κ2) is 7.92. The molecule has 3 rings (SSSR count). The maximum absolute atomic E-state index is 12.2. The van der Waals surface area contributed by atoms with E-state index in [1.54, 1.807) is 6.07 Å². The summed E-state index contributed by atoms with van der Waals surface area (Å²) in [6, 6.07) is 11.2. The van der Waals surface area contributed by atoms with E-state index < -0.39 is 11.3 Å². The van der Waals surface area contributed by atoms with Gasteiger partial charge in [0.25, 0.3) is 0 Å². The van der Waals surface area contributed by atoms with E-state index in [0.717, 1.165) is 23.4 Å². The van der Waals surface area contributed by atoms with Gasteiger partial charge in [0, 0.05) is 36.4 Å². The van der Waals surface area contributed by atoms with Crippen LogP contribution in [0.4, 0.5) is 5.69 Å². The number of H-pyrrole nitrogens is 1. The Balaban J connectivity index is 1.98. The molecule has 1 aliphatic rings. The van der Waals surface area contributed by atoms with Crippen molar-refractivity contribution in [1.82, 2.24) is 9.71 Å². The number of pyridine rings is 1. The molecule has 0 radical (unpaired) electrons. The Morgan fingerprint density at radius 1 is 1.40 bits per heavy atom. The fourth-order valence-corrected chi connectivity index (χ4v) is 3.31. The minimum Gasteiger partial charge on any atom is -0.377 e. The first kappa shape index (κ1) is 17.8. The molecule has 0 amide bonds. The van der Waals surface area contributed by atoms with Crippen molar-refractivity contribution in [2.75, 3.05) is 24.7 Å². The Bertz CT molecular complexity index is 824. The van der Waals surface area contributed by atoms with Crippen LogP contribution in [-0.2, 0) is 22.5 Å². The molecule has 1 unspecified atom stereocenters. The molecule has 0 saturated carbocycles. The van der Waals surface area contributed by atoms with Crippen molar-refractivity contribution in [3.63, 3.8) is 0 Å². The van der Waals surface area contributed by atoms with Gasteiger partial charge in [0.15, 0.2) is 0 Å². The maximum Gasteiger partial charge on any atom is 0.250 e. The van der Waals surface area contributed by atoms with Crippen molar-refractivity contribution in [2.45, 2.75) is 19.5 Å². The van der Waals surface area contributed by atoms with Crippen LogP contribution in [0.25, 0.3) is 11.3 Å². The van der Waals surface area contributed by atoms with Gasteiger partial charge < -0.3 is 14.6 Å². The highest BCUT2D eigenvalue weighted by Gasteiger charge is 2.20. The molecule has 1 aromatic carbocycles. The Kier molecular flexibility index (Phi) is 5.64. The average molecular weight is 363 g/mol. The zero-order valence-corrected chi connectivity index (χ0v) is 14.7. The second-order valence-electron chi connectivity index (χ2n) is 5.96. The second-order valence-corrected chi connectivity index (χ2v) is 6.75. The molecule has 2 aromatic rings. The topological polar surface area (TPSA) is 94.7 Å². The standard InChI is InChI=1S/C17H21N3O4S/c1-12-11-24-7-6-20(12)14-8-16(19-17(21)9-14)15-5-3-2-4-13(15)10-18-25(22)23/h2-5,8-9,12,18H,6-7,10-11H2,1H3,(H,19,21)(H,22,23)/t12-/m1/s1. The highest BCUT2D eigenvalue weighted by Crippen LogP contribution is 2.26. The van der Waals surface area contributed by atoms with Crippen LogP contribution in [-0.4, -0.2) is 39.5 Å². The van der Waals surface area contributed by atoms with Crippen LogP contribution in [0.2, 0.25) is 0 Å². The lowest BCUT2D eigenvalue weighted by Crippen LogP contribution is -2.44.